The number of ether oxygens (including phenoxy) is 1. The zero-order valence-corrected chi connectivity index (χ0v) is 12.2. The van der Waals surface area contributed by atoms with Crippen LogP contribution in [0.4, 0.5) is 0 Å². The van der Waals surface area contributed by atoms with Gasteiger partial charge in [0, 0.05) is 6.20 Å². The van der Waals surface area contributed by atoms with Crippen molar-refractivity contribution in [2.75, 3.05) is 19.7 Å². The standard InChI is InChI=1S/C15H17N5O2/c16-8-13-2-1-5-17-15(13)21-10-12-3-6-20(7-4-12)9-14-19-18-11-22-14/h1-2,5,11-12H,3-4,6-7,9-10H2. The lowest BCUT2D eigenvalue weighted by Crippen LogP contribution is -2.35. The van der Waals surface area contributed by atoms with Gasteiger partial charge in [-0.05, 0) is 44.0 Å². The molecule has 0 amide bonds. The Labute approximate surface area is 128 Å². The van der Waals surface area contributed by atoms with Crippen LogP contribution in [-0.2, 0) is 6.54 Å². The van der Waals surface area contributed by atoms with Crippen LogP contribution in [0.3, 0.4) is 0 Å². The number of nitriles is 1. The van der Waals surface area contributed by atoms with Gasteiger partial charge in [0.2, 0.25) is 18.2 Å². The first kappa shape index (κ1) is 14.5. The Hall–Kier alpha value is -2.46. The van der Waals surface area contributed by atoms with Crippen LogP contribution in [0.25, 0.3) is 0 Å². The summed E-state index contributed by atoms with van der Waals surface area (Å²) in [5.41, 5.74) is 0.483. The van der Waals surface area contributed by atoms with Gasteiger partial charge in [0.25, 0.3) is 0 Å². The van der Waals surface area contributed by atoms with E-state index in [-0.39, 0.29) is 0 Å². The number of hydrogen-bond donors (Lipinski definition) is 0. The first-order valence-corrected chi connectivity index (χ1v) is 7.30. The van der Waals surface area contributed by atoms with Gasteiger partial charge in [0.1, 0.15) is 11.6 Å². The minimum Gasteiger partial charge on any atom is -0.476 e. The molecular weight excluding hydrogens is 282 g/mol. The summed E-state index contributed by atoms with van der Waals surface area (Å²) in [6.45, 7) is 3.25. The molecule has 0 atom stereocenters. The lowest BCUT2D eigenvalue weighted by atomic mass is 9.98. The van der Waals surface area contributed by atoms with Gasteiger partial charge in [-0.25, -0.2) is 4.98 Å². The second-order valence-corrected chi connectivity index (χ2v) is 5.33. The van der Waals surface area contributed by atoms with Crippen LogP contribution >= 0.6 is 0 Å². The van der Waals surface area contributed by atoms with E-state index in [1.165, 1.54) is 6.39 Å². The fourth-order valence-electron chi connectivity index (χ4n) is 2.56. The molecule has 3 rings (SSSR count). The van der Waals surface area contributed by atoms with Gasteiger partial charge in [-0.2, -0.15) is 5.26 Å². The minimum absolute atomic E-state index is 0.429. The molecule has 0 bridgehead atoms. The molecule has 3 heterocycles. The predicted molar refractivity (Wildman–Crippen MR) is 76.7 cm³/mol. The molecule has 0 unspecified atom stereocenters. The minimum atomic E-state index is 0.429. The van der Waals surface area contributed by atoms with Crippen molar-refractivity contribution in [2.24, 2.45) is 5.92 Å². The van der Waals surface area contributed by atoms with E-state index in [1.54, 1.807) is 18.3 Å². The number of rotatable bonds is 5. The number of nitrogens with zero attached hydrogens (tertiary/aromatic N) is 5. The van der Waals surface area contributed by atoms with Crippen LogP contribution < -0.4 is 4.74 Å². The number of hydrogen-bond acceptors (Lipinski definition) is 7. The fraction of sp³-hybridized carbons (Fsp3) is 0.467. The van der Waals surface area contributed by atoms with Gasteiger partial charge in [-0.15, -0.1) is 10.2 Å². The smallest absolute Gasteiger partial charge is 0.231 e. The van der Waals surface area contributed by atoms with Crippen molar-refractivity contribution in [3.63, 3.8) is 0 Å². The van der Waals surface area contributed by atoms with Gasteiger partial charge >= 0.3 is 0 Å². The van der Waals surface area contributed by atoms with Crippen LogP contribution in [0.2, 0.25) is 0 Å². The summed E-state index contributed by atoms with van der Waals surface area (Å²) in [6.07, 6.45) is 5.09. The summed E-state index contributed by atoms with van der Waals surface area (Å²) in [6, 6.07) is 5.55. The van der Waals surface area contributed by atoms with Gasteiger partial charge in [-0.3, -0.25) is 4.90 Å². The van der Waals surface area contributed by atoms with Crippen molar-refractivity contribution in [1.29, 1.82) is 5.26 Å². The summed E-state index contributed by atoms with van der Waals surface area (Å²) >= 11 is 0. The van der Waals surface area contributed by atoms with Crippen molar-refractivity contribution < 1.29 is 9.15 Å². The summed E-state index contributed by atoms with van der Waals surface area (Å²) in [5.74, 6) is 1.56. The molecule has 1 saturated heterocycles. The molecule has 0 saturated carbocycles. The van der Waals surface area contributed by atoms with Crippen LogP contribution in [0.15, 0.2) is 29.1 Å². The van der Waals surface area contributed by atoms with Crippen LogP contribution in [0.5, 0.6) is 5.88 Å². The van der Waals surface area contributed by atoms with Crippen molar-refractivity contribution in [2.45, 2.75) is 19.4 Å². The highest BCUT2D eigenvalue weighted by Crippen LogP contribution is 2.21. The summed E-state index contributed by atoms with van der Waals surface area (Å²) < 4.78 is 10.9. The van der Waals surface area contributed by atoms with E-state index in [0.29, 0.717) is 36.4 Å². The highest BCUT2D eigenvalue weighted by atomic mass is 16.5. The van der Waals surface area contributed by atoms with Gasteiger partial charge in [0.15, 0.2) is 0 Å². The zero-order valence-electron chi connectivity index (χ0n) is 12.2. The molecular formula is C15H17N5O2. The van der Waals surface area contributed by atoms with E-state index < -0.39 is 0 Å². The Balaban J connectivity index is 1.45. The lowest BCUT2D eigenvalue weighted by Gasteiger charge is -2.30. The van der Waals surface area contributed by atoms with Gasteiger partial charge in [-0.1, -0.05) is 0 Å². The second-order valence-electron chi connectivity index (χ2n) is 5.33. The molecule has 0 N–H and O–H groups in total. The Bertz CT molecular complexity index is 630. The van der Waals surface area contributed by atoms with Gasteiger partial charge < -0.3 is 9.15 Å². The molecule has 0 radical (unpaired) electrons. The topological polar surface area (TPSA) is 88.1 Å². The zero-order chi connectivity index (χ0) is 15.2. The van der Waals surface area contributed by atoms with E-state index in [4.69, 9.17) is 14.4 Å². The number of pyridine rings is 1. The van der Waals surface area contributed by atoms with E-state index >= 15 is 0 Å². The normalized spacial score (nSPS) is 16.3. The molecule has 0 aromatic carbocycles. The highest BCUT2D eigenvalue weighted by Gasteiger charge is 2.21. The third kappa shape index (κ3) is 3.59. The van der Waals surface area contributed by atoms with Crippen molar-refractivity contribution in [1.82, 2.24) is 20.1 Å². The fourth-order valence-corrected chi connectivity index (χ4v) is 2.56. The highest BCUT2D eigenvalue weighted by molar-refractivity contribution is 5.36. The number of piperidine rings is 1. The van der Waals surface area contributed by atoms with Gasteiger partial charge in [0.05, 0.1) is 13.2 Å². The molecule has 1 aliphatic heterocycles. The Morgan fingerprint density at radius 3 is 3.00 bits per heavy atom. The number of likely N-dealkylation sites (tertiary alicyclic amines) is 1. The number of aromatic nitrogens is 3. The Kier molecular flexibility index (Phi) is 4.61. The van der Waals surface area contributed by atoms with E-state index in [1.807, 2.05) is 0 Å². The second kappa shape index (κ2) is 7.00. The molecule has 2 aromatic heterocycles. The third-order valence-corrected chi connectivity index (χ3v) is 3.82. The third-order valence-electron chi connectivity index (χ3n) is 3.82. The molecule has 1 fully saturated rings. The average Bonchev–Trinajstić information content (AvgIpc) is 3.07. The van der Waals surface area contributed by atoms with E-state index in [2.05, 4.69) is 26.2 Å². The van der Waals surface area contributed by atoms with E-state index in [0.717, 1.165) is 25.9 Å². The first-order chi connectivity index (χ1) is 10.8. The SMILES string of the molecule is N#Cc1cccnc1OCC1CCN(Cc2nnco2)CC1. The molecule has 114 valence electrons. The largest absolute Gasteiger partial charge is 0.476 e. The predicted octanol–water partition coefficient (Wildman–Crippen LogP) is 1.63. The molecule has 2 aromatic rings. The van der Waals surface area contributed by atoms with E-state index in [9.17, 15) is 0 Å². The lowest BCUT2D eigenvalue weighted by molar-refractivity contribution is 0.127. The van der Waals surface area contributed by atoms with Crippen LogP contribution in [0.1, 0.15) is 24.3 Å². The molecule has 22 heavy (non-hydrogen) atoms. The maximum Gasteiger partial charge on any atom is 0.231 e. The van der Waals surface area contributed by atoms with Crippen LogP contribution in [0, 0.1) is 17.2 Å². The monoisotopic (exact) mass is 299 g/mol. The van der Waals surface area contributed by atoms with Crippen molar-refractivity contribution in [3.8, 4) is 11.9 Å². The summed E-state index contributed by atoms with van der Waals surface area (Å²) in [5, 5.41) is 16.6. The molecule has 7 heteroatoms. The molecule has 1 aliphatic rings. The Morgan fingerprint density at radius 2 is 2.27 bits per heavy atom. The van der Waals surface area contributed by atoms with Crippen LogP contribution in [-0.4, -0.2) is 39.8 Å². The Morgan fingerprint density at radius 1 is 1.41 bits per heavy atom. The summed E-state index contributed by atoms with van der Waals surface area (Å²) in [4.78, 5) is 6.41. The summed E-state index contributed by atoms with van der Waals surface area (Å²) in [7, 11) is 0. The average molecular weight is 299 g/mol. The van der Waals surface area contributed by atoms with Crippen molar-refractivity contribution in [3.05, 3.63) is 36.2 Å². The molecule has 0 aliphatic carbocycles. The maximum atomic E-state index is 9.02. The maximum absolute atomic E-state index is 9.02. The molecule has 0 spiro atoms. The first-order valence-electron chi connectivity index (χ1n) is 7.30. The quantitative estimate of drug-likeness (QED) is 0.829. The molecule has 7 nitrogen and oxygen atoms in total. The van der Waals surface area contributed by atoms with Crippen molar-refractivity contribution >= 4 is 0 Å².